The molecule has 0 radical (unpaired) electrons. The van der Waals surface area contributed by atoms with Crippen LogP contribution in [-0.4, -0.2) is 14.3 Å². The summed E-state index contributed by atoms with van der Waals surface area (Å²) in [5.41, 5.74) is 0.704. The fourth-order valence-corrected chi connectivity index (χ4v) is 8.99. The van der Waals surface area contributed by atoms with Crippen LogP contribution in [0.15, 0.2) is 30.2 Å². The molecule has 1 rings (SSSR count). The third-order valence-electron chi connectivity index (χ3n) is 3.06. The molecule has 0 aliphatic rings. The highest BCUT2D eigenvalue weighted by Crippen LogP contribution is 2.34. The van der Waals surface area contributed by atoms with Crippen molar-refractivity contribution in [2.75, 3.05) is 0 Å². The van der Waals surface area contributed by atoms with Gasteiger partial charge >= 0.3 is 14.3 Å². The number of hydrogen-bond acceptors (Lipinski definition) is 3. The van der Waals surface area contributed by atoms with Crippen LogP contribution in [0.4, 0.5) is 0 Å². The Labute approximate surface area is 108 Å². The van der Waals surface area contributed by atoms with Gasteiger partial charge in [-0.3, -0.25) is 0 Å². The van der Waals surface area contributed by atoms with E-state index in [0.29, 0.717) is 11.1 Å². The van der Waals surface area contributed by atoms with Gasteiger partial charge in [-0.1, -0.05) is 40.3 Å². The lowest BCUT2D eigenvalue weighted by molar-refractivity contribution is -0.129. The minimum atomic E-state index is -2.26. The molecule has 0 aliphatic heterocycles. The number of carbonyl (C=O) groups is 1. The summed E-state index contributed by atoms with van der Waals surface area (Å²) in [5.74, 6) is -0.299. The van der Waals surface area contributed by atoms with Crippen molar-refractivity contribution in [2.45, 2.75) is 38.8 Å². The fourth-order valence-electron chi connectivity index (χ4n) is 2.23. The van der Waals surface area contributed by atoms with E-state index >= 15 is 0 Å². The highest BCUT2D eigenvalue weighted by molar-refractivity contribution is 7.25. The van der Waals surface area contributed by atoms with Gasteiger partial charge in [-0.25, -0.2) is 4.79 Å². The van der Waals surface area contributed by atoms with Gasteiger partial charge in [0.05, 0.1) is 0 Å². The van der Waals surface area contributed by atoms with Gasteiger partial charge in [0.1, 0.15) is 0 Å². The van der Waals surface area contributed by atoms with Gasteiger partial charge in [0.25, 0.3) is 0 Å². The van der Waals surface area contributed by atoms with Gasteiger partial charge in [-0.2, -0.15) is 0 Å². The Bertz CT molecular complexity index is 374. The van der Waals surface area contributed by atoms with Crippen molar-refractivity contribution in [3.8, 4) is 0 Å². The first kappa shape index (κ1) is 14.2. The predicted molar refractivity (Wildman–Crippen MR) is 76.2 cm³/mol. The van der Waals surface area contributed by atoms with Crippen LogP contribution in [0.5, 0.6) is 0 Å². The number of rotatable bonds is 5. The maximum Gasteiger partial charge on any atom is 0.317 e. The Hall–Kier alpha value is -0.873. The molecule has 0 spiro atoms. The molecule has 94 valence electrons. The molecule has 1 aromatic heterocycles. The van der Waals surface area contributed by atoms with Crippen LogP contribution in [0, 0.1) is 0 Å². The lowest BCUT2D eigenvalue weighted by atomic mass is 10.5. The van der Waals surface area contributed by atoms with Crippen molar-refractivity contribution in [3.05, 3.63) is 30.2 Å². The van der Waals surface area contributed by atoms with E-state index in [1.807, 2.05) is 11.4 Å². The molecule has 0 saturated heterocycles. The smallest absolute Gasteiger partial charge is 0.317 e. The van der Waals surface area contributed by atoms with Crippen LogP contribution in [0.25, 0.3) is 0 Å². The standard InChI is InChI=1S/C13H20O2SSi/c1-6-12(14)15-17(10(2)3,11(4)5)13-8-7-9-16-13/h6-11H,1H2,2-5H3. The Morgan fingerprint density at radius 1 is 1.41 bits per heavy atom. The molecule has 0 atom stereocenters. The van der Waals surface area contributed by atoms with Gasteiger partial charge in [0, 0.05) is 10.6 Å². The molecule has 0 fully saturated rings. The van der Waals surface area contributed by atoms with Gasteiger partial charge in [0.2, 0.25) is 0 Å². The third-order valence-corrected chi connectivity index (χ3v) is 9.96. The van der Waals surface area contributed by atoms with E-state index in [0.717, 1.165) is 0 Å². The first-order valence-corrected chi connectivity index (χ1v) is 8.78. The molecule has 0 saturated carbocycles. The second-order valence-electron chi connectivity index (χ2n) is 4.71. The highest BCUT2D eigenvalue weighted by atomic mass is 32.1. The van der Waals surface area contributed by atoms with Crippen molar-refractivity contribution in [2.24, 2.45) is 0 Å². The first-order valence-electron chi connectivity index (χ1n) is 5.84. The van der Waals surface area contributed by atoms with Crippen molar-refractivity contribution >= 4 is 30.1 Å². The SMILES string of the molecule is C=CC(=O)O[Si](c1cccs1)(C(C)C)C(C)C. The summed E-state index contributed by atoms with van der Waals surface area (Å²) in [4.78, 5) is 11.6. The minimum Gasteiger partial charge on any atom is -0.510 e. The Morgan fingerprint density at radius 3 is 2.35 bits per heavy atom. The van der Waals surface area contributed by atoms with E-state index in [1.165, 1.54) is 10.6 Å². The van der Waals surface area contributed by atoms with Crippen molar-refractivity contribution in [3.63, 3.8) is 0 Å². The molecule has 0 N–H and O–H groups in total. The summed E-state index contributed by atoms with van der Waals surface area (Å²) in [7, 11) is -2.26. The molecule has 4 heteroatoms. The summed E-state index contributed by atoms with van der Waals surface area (Å²) < 4.78 is 7.08. The maximum atomic E-state index is 11.6. The van der Waals surface area contributed by atoms with Gasteiger partial charge < -0.3 is 4.43 Å². The largest absolute Gasteiger partial charge is 0.510 e. The predicted octanol–water partition coefficient (Wildman–Crippen LogP) is 3.45. The summed E-state index contributed by atoms with van der Waals surface area (Å²) in [6.07, 6.45) is 1.26. The Balaban J connectivity index is 3.23. The summed E-state index contributed by atoms with van der Waals surface area (Å²) in [5, 5.41) is 2.05. The second-order valence-corrected chi connectivity index (χ2v) is 10.7. The zero-order valence-corrected chi connectivity index (χ0v) is 12.7. The topological polar surface area (TPSA) is 26.3 Å². The number of hydrogen-bond donors (Lipinski definition) is 0. The molecular formula is C13H20O2SSi. The molecule has 1 aromatic rings. The Kier molecular flexibility index (Phi) is 4.71. The van der Waals surface area contributed by atoms with Gasteiger partial charge in [-0.15, -0.1) is 11.3 Å². The van der Waals surface area contributed by atoms with Crippen LogP contribution in [0.3, 0.4) is 0 Å². The zero-order valence-electron chi connectivity index (χ0n) is 10.9. The summed E-state index contributed by atoms with van der Waals surface area (Å²) >= 11 is 1.69. The molecule has 1 heterocycles. The third kappa shape index (κ3) is 2.69. The fraction of sp³-hybridized carbons (Fsp3) is 0.462. The molecule has 0 aliphatic carbocycles. The molecular weight excluding hydrogens is 248 g/mol. The van der Waals surface area contributed by atoms with Crippen LogP contribution >= 0.6 is 11.3 Å². The van der Waals surface area contributed by atoms with E-state index in [1.54, 1.807) is 11.3 Å². The molecule has 2 nitrogen and oxygen atoms in total. The number of thiophene rings is 1. The minimum absolute atomic E-state index is 0.299. The van der Waals surface area contributed by atoms with Crippen molar-refractivity contribution in [1.82, 2.24) is 0 Å². The first-order chi connectivity index (χ1) is 7.95. The van der Waals surface area contributed by atoms with E-state index in [2.05, 4.69) is 40.3 Å². The van der Waals surface area contributed by atoms with Gasteiger partial charge in [-0.05, 0) is 22.5 Å². The average Bonchev–Trinajstić information content (AvgIpc) is 2.77. The van der Waals surface area contributed by atoms with Gasteiger partial charge in [0.15, 0.2) is 0 Å². The Morgan fingerprint density at radius 2 is 2.00 bits per heavy atom. The van der Waals surface area contributed by atoms with Crippen LogP contribution < -0.4 is 4.50 Å². The molecule has 17 heavy (non-hydrogen) atoms. The molecule has 0 aromatic carbocycles. The van der Waals surface area contributed by atoms with Crippen molar-refractivity contribution < 1.29 is 9.22 Å². The normalized spacial score (nSPS) is 11.9. The molecule has 0 bridgehead atoms. The highest BCUT2D eigenvalue weighted by Gasteiger charge is 2.47. The summed E-state index contributed by atoms with van der Waals surface area (Å²) in [6, 6.07) is 4.11. The van der Waals surface area contributed by atoms with Crippen molar-refractivity contribution in [1.29, 1.82) is 0 Å². The lowest BCUT2D eigenvalue weighted by Gasteiger charge is -2.36. The van der Waals surface area contributed by atoms with E-state index in [4.69, 9.17) is 4.43 Å². The monoisotopic (exact) mass is 268 g/mol. The second kappa shape index (κ2) is 5.64. The van der Waals surface area contributed by atoms with Crippen LogP contribution in [0.2, 0.25) is 11.1 Å². The quantitative estimate of drug-likeness (QED) is 0.604. The average molecular weight is 268 g/mol. The van der Waals surface area contributed by atoms with E-state index < -0.39 is 8.32 Å². The molecule has 0 amide bonds. The van der Waals surface area contributed by atoms with Crippen LogP contribution in [0.1, 0.15) is 27.7 Å². The molecule has 0 unspecified atom stereocenters. The zero-order chi connectivity index (χ0) is 13.1. The van der Waals surface area contributed by atoms with E-state index in [9.17, 15) is 4.79 Å². The summed E-state index contributed by atoms with van der Waals surface area (Å²) in [6.45, 7) is 12.1. The lowest BCUT2D eigenvalue weighted by Crippen LogP contribution is -2.55. The number of carbonyl (C=O) groups excluding carboxylic acids is 1. The maximum absolute atomic E-state index is 11.6. The van der Waals surface area contributed by atoms with Crippen LogP contribution in [-0.2, 0) is 9.22 Å². The van der Waals surface area contributed by atoms with E-state index in [-0.39, 0.29) is 5.97 Å².